The summed E-state index contributed by atoms with van der Waals surface area (Å²) < 4.78 is 35.3. The number of carboxylic acids is 1. The van der Waals surface area contributed by atoms with Gasteiger partial charge in [0, 0.05) is 48.4 Å². The standard InChI is InChI=1S/C25H27F2N3O3/c1-14(2)25-24(15(8-9-33-3)4-7-23(31)32)18-12-21-16(13-28-29-21)10-22(18)30(25)17-5-6-19(26)20(27)11-17/h5-6,10-15H,4,7-9H2,1-3H3,(H,28,29)(H,31,32)/t15-/m0/s1. The number of fused-ring (bicyclic) bond motifs is 2. The Balaban J connectivity index is 2.06. The number of nitrogens with one attached hydrogen (secondary N) is 1. The van der Waals surface area contributed by atoms with E-state index >= 15 is 0 Å². The van der Waals surface area contributed by atoms with Crippen LogP contribution >= 0.6 is 0 Å². The van der Waals surface area contributed by atoms with Crippen molar-refractivity contribution in [3.63, 3.8) is 0 Å². The van der Waals surface area contributed by atoms with Gasteiger partial charge in [-0.05, 0) is 54.5 Å². The lowest BCUT2D eigenvalue weighted by molar-refractivity contribution is -0.137. The molecule has 0 aliphatic rings. The van der Waals surface area contributed by atoms with Crippen molar-refractivity contribution in [2.24, 2.45) is 0 Å². The van der Waals surface area contributed by atoms with E-state index in [0.29, 0.717) is 25.1 Å². The number of ether oxygens (including phenoxy) is 1. The van der Waals surface area contributed by atoms with Gasteiger partial charge in [-0.15, -0.1) is 0 Å². The number of rotatable bonds is 9. The molecule has 6 nitrogen and oxygen atoms in total. The molecule has 2 heterocycles. The molecule has 0 unspecified atom stereocenters. The van der Waals surface area contributed by atoms with Crippen molar-refractivity contribution in [3.8, 4) is 5.69 Å². The first-order valence-corrected chi connectivity index (χ1v) is 11.0. The van der Waals surface area contributed by atoms with Gasteiger partial charge in [0.05, 0.1) is 17.2 Å². The molecular formula is C25H27F2N3O3. The van der Waals surface area contributed by atoms with Crippen LogP contribution in [0.4, 0.5) is 8.78 Å². The molecule has 33 heavy (non-hydrogen) atoms. The molecule has 0 spiro atoms. The van der Waals surface area contributed by atoms with E-state index in [9.17, 15) is 18.7 Å². The second-order valence-electron chi connectivity index (χ2n) is 8.62. The van der Waals surface area contributed by atoms with Gasteiger partial charge >= 0.3 is 5.97 Å². The Kier molecular flexibility index (Phi) is 6.47. The van der Waals surface area contributed by atoms with Crippen molar-refractivity contribution in [2.45, 2.75) is 44.9 Å². The second kappa shape index (κ2) is 9.31. The van der Waals surface area contributed by atoms with Gasteiger partial charge in [-0.2, -0.15) is 5.10 Å². The molecule has 0 aliphatic carbocycles. The van der Waals surface area contributed by atoms with Gasteiger partial charge in [0.2, 0.25) is 0 Å². The van der Waals surface area contributed by atoms with Crippen LogP contribution in [-0.4, -0.2) is 39.6 Å². The molecule has 0 bridgehead atoms. The fraction of sp³-hybridized carbons (Fsp3) is 0.360. The number of benzene rings is 2. The van der Waals surface area contributed by atoms with Crippen LogP contribution < -0.4 is 0 Å². The fourth-order valence-corrected chi connectivity index (χ4v) is 4.66. The number of aliphatic carboxylic acids is 1. The predicted molar refractivity (Wildman–Crippen MR) is 123 cm³/mol. The first-order valence-electron chi connectivity index (χ1n) is 11.0. The van der Waals surface area contributed by atoms with Crippen LogP contribution in [0.25, 0.3) is 27.5 Å². The molecule has 2 aromatic carbocycles. The summed E-state index contributed by atoms with van der Waals surface area (Å²) in [6.07, 6.45) is 2.83. The number of aromatic amines is 1. The number of hydrogen-bond donors (Lipinski definition) is 2. The third-order valence-electron chi connectivity index (χ3n) is 6.10. The molecule has 8 heteroatoms. The monoisotopic (exact) mass is 455 g/mol. The van der Waals surface area contributed by atoms with Crippen LogP contribution in [0, 0.1) is 11.6 Å². The topological polar surface area (TPSA) is 80.1 Å². The predicted octanol–water partition coefficient (Wildman–Crippen LogP) is 5.89. The summed E-state index contributed by atoms with van der Waals surface area (Å²) in [5.41, 5.74) is 4.17. The highest BCUT2D eigenvalue weighted by Crippen LogP contribution is 2.42. The highest BCUT2D eigenvalue weighted by atomic mass is 19.2. The number of carboxylic acid groups (broad SMARTS) is 1. The van der Waals surface area contributed by atoms with E-state index in [1.807, 2.05) is 30.5 Å². The van der Waals surface area contributed by atoms with E-state index < -0.39 is 17.6 Å². The maximum atomic E-state index is 14.3. The van der Waals surface area contributed by atoms with Gasteiger partial charge in [0.25, 0.3) is 0 Å². The molecule has 1 atom stereocenters. The van der Waals surface area contributed by atoms with Gasteiger partial charge in [0.1, 0.15) is 0 Å². The van der Waals surface area contributed by atoms with Crippen LogP contribution in [0.15, 0.2) is 36.5 Å². The van der Waals surface area contributed by atoms with Crippen molar-refractivity contribution >= 4 is 27.8 Å². The fourth-order valence-electron chi connectivity index (χ4n) is 4.66. The van der Waals surface area contributed by atoms with Crippen LogP contribution in [0.2, 0.25) is 0 Å². The van der Waals surface area contributed by atoms with Crippen molar-refractivity contribution in [1.29, 1.82) is 0 Å². The van der Waals surface area contributed by atoms with E-state index in [1.54, 1.807) is 19.4 Å². The number of methoxy groups -OCH3 is 1. The summed E-state index contributed by atoms with van der Waals surface area (Å²) >= 11 is 0. The molecule has 174 valence electrons. The number of aromatic nitrogens is 3. The maximum absolute atomic E-state index is 14.3. The van der Waals surface area contributed by atoms with E-state index in [0.717, 1.165) is 39.1 Å². The Bertz CT molecular complexity index is 1310. The minimum atomic E-state index is -0.920. The highest BCUT2D eigenvalue weighted by Gasteiger charge is 2.27. The molecular weight excluding hydrogens is 428 g/mol. The molecule has 0 radical (unpaired) electrons. The van der Waals surface area contributed by atoms with E-state index in [-0.39, 0.29) is 18.3 Å². The molecule has 0 aliphatic heterocycles. The zero-order valence-corrected chi connectivity index (χ0v) is 18.9. The lowest BCUT2D eigenvalue weighted by Gasteiger charge is -2.21. The normalized spacial score (nSPS) is 12.8. The molecule has 0 amide bonds. The quantitative estimate of drug-likeness (QED) is 0.330. The summed E-state index contributed by atoms with van der Waals surface area (Å²) in [5.74, 6) is -2.74. The lowest BCUT2D eigenvalue weighted by Crippen LogP contribution is -2.11. The van der Waals surface area contributed by atoms with Crippen molar-refractivity contribution in [2.75, 3.05) is 13.7 Å². The summed E-state index contributed by atoms with van der Waals surface area (Å²) in [6.45, 7) is 4.57. The van der Waals surface area contributed by atoms with Crippen LogP contribution in [0.5, 0.6) is 0 Å². The molecule has 0 fully saturated rings. The number of H-pyrrole nitrogens is 1. The minimum Gasteiger partial charge on any atom is -0.481 e. The first-order chi connectivity index (χ1) is 15.8. The van der Waals surface area contributed by atoms with E-state index in [1.165, 1.54) is 6.07 Å². The van der Waals surface area contributed by atoms with Gasteiger partial charge in [-0.1, -0.05) is 13.8 Å². The van der Waals surface area contributed by atoms with Crippen molar-refractivity contribution < 1.29 is 23.4 Å². The summed E-state index contributed by atoms with van der Waals surface area (Å²) in [4.78, 5) is 11.4. The van der Waals surface area contributed by atoms with Gasteiger partial charge in [-0.25, -0.2) is 8.78 Å². The minimum absolute atomic E-state index is 0.0239. The van der Waals surface area contributed by atoms with Gasteiger partial charge < -0.3 is 14.4 Å². The average molecular weight is 456 g/mol. The van der Waals surface area contributed by atoms with Crippen LogP contribution in [-0.2, 0) is 9.53 Å². The Morgan fingerprint density at radius 2 is 1.97 bits per heavy atom. The van der Waals surface area contributed by atoms with E-state index in [2.05, 4.69) is 10.2 Å². The van der Waals surface area contributed by atoms with Gasteiger partial charge in [0.15, 0.2) is 11.6 Å². The number of carbonyl (C=O) groups is 1. The molecule has 2 aromatic heterocycles. The molecule has 0 saturated carbocycles. The zero-order chi connectivity index (χ0) is 23.7. The van der Waals surface area contributed by atoms with Gasteiger partial charge in [-0.3, -0.25) is 9.89 Å². The molecule has 2 N–H and O–H groups in total. The Morgan fingerprint density at radius 1 is 1.18 bits per heavy atom. The van der Waals surface area contributed by atoms with Crippen LogP contribution in [0.3, 0.4) is 0 Å². The number of nitrogens with zero attached hydrogens (tertiary/aromatic N) is 2. The summed E-state index contributed by atoms with van der Waals surface area (Å²) in [6, 6.07) is 7.88. The Labute approximate surface area is 190 Å². The first kappa shape index (κ1) is 22.9. The Morgan fingerprint density at radius 3 is 2.64 bits per heavy atom. The summed E-state index contributed by atoms with van der Waals surface area (Å²) in [5, 5.41) is 18.3. The zero-order valence-electron chi connectivity index (χ0n) is 18.9. The SMILES string of the molecule is COCC[C@H](CCC(=O)O)c1c(C(C)C)n(-c2ccc(F)c(F)c2)c2cc3cn[nH]c3cc12. The number of halogens is 2. The largest absolute Gasteiger partial charge is 0.481 e. The van der Waals surface area contributed by atoms with Crippen molar-refractivity contribution in [3.05, 3.63) is 59.4 Å². The Hall–Kier alpha value is -3.26. The number of hydrogen-bond acceptors (Lipinski definition) is 3. The second-order valence-corrected chi connectivity index (χ2v) is 8.62. The molecule has 4 aromatic rings. The lowest BCUT2D eigenvalue weighted by atomic mass is 9.86. The molecule has 0 saturated heterocycles. The third-order valence-corrected chi connectivity index (χ3v) is 6.10. The highest BCUT2D eigenvalue weighted by molar-refractivity contribution is 5.99. The van der Waals surface area contributed by atoms with E-state index in [4.69, 9.17) is 4.74 Å². The average Bonchev–Trinajstić information content (AvgIpc) is 3.36. The van der Waals surface area contributed by atoms with Crippen molar-refractivity contribution in [1.82, 2.24) is 14.8 Å². The summed E-state index contributed by atoms with van der Waals surface area (Å²) in [7, 11) is 1.62. The third kappa shape index (κ3) is 4.35. The smallest absolute Gasteiger partial charge is 0.303 e. The molecule has 4 rings (SSSR count). The van der Waals surface area contributed by atoms with Crippen LogP contribution in [0.1, 0.15) is 56.2 Å². The maximum Gasteiger partial charge on any atom is 0.303 e.